The van der Waals surface area contributed by atoms with E-state index in [0.717, 1.165) is 15.8 Å². The Bertz CT molecular complexity index is 1900. The second-order valence-electron chi connectivity index (χ2n) is 9.43. The van der Waals surface area contributed by atoms with Crippen molar-refractivity contribution in [3.05, 3.63) is 87.0 Å². The number of hydrogen-bond acceptors (Lipinski definition) is 9. The van der Waals surface area contributed by atoms with E-state index >= 15 is 4.39 Å². The molecule has 0 spiro atoms. The van der Waals surface area contributed by atoms with Gasteiger partial charge in [-0.25, -0.2) is 9.37 Å². The van der Waals surface area contributed by atoms with Crippen LogP contribution in [0.15, 0.2) is 59.7 Å². The molecule has 5 heterocycles. The van der Waals surface area contributed by atoms with E-state index in [1.54, 1.807) is 18.3 Å². The van der Waals surface area contributed by atoms with Gasteiger partial charge in [-0.2, -0.15) is 0 Å². The first-order valence-corrected chi connectivity index (χ1v) is 13.7. The van der Waals surface area contributed by atoms with Gasteiger partial charge in [-0.1, -0.05) is 0 Å². The molecule has 1 aliphatic rings. The quantitative estimate of drug-likeness (QED) is 0.263. The number of rotatable bonds is 7. The van der Waals surface area contributed by atoms with Gasteiger partial charge in [-0.3, -0.25) is 14.6 Å². The molecule has 12 heteroatoms. The van der Waals surface area contributed by atoms with Crippen molar-refractivity contribution in [3.63, 3.8) is 0 Å². The van der Waals surface area contributed by atoms with Crippen molar-refractivity contribution in [2.24, 2.45) is 0 Å². The van der Waals surface area contributed by atoms with Crippen LogP contribution in [0.1, 0.15) is 20.9 Å². The standard InChI is InChI=1S/C30H25FN4O6S/c1-16-4-7-25(42-16)18-14-35-10-11-40-15-21(35)26(28(18)36)29(37)33-17-5-6-22(19(31)12-17)41-23-8-9-32-20-13-24(38-2)30(39-3)34-27(20)23/h4-9,12-14H,10-11,15H2,1-3H3,(H,33,37). The number of halogens is 1. The molecule has 0 unspecified atom stereocenters. The van der Waals surface area contributed by atoms with E-state index in [1.165, 1.54) is 43.9 Å². The van der Waals surface area contributed by atoms with Gasteiger partial charge < -0.3 is 28.8 Å². The van der Waals surface area contributed by atoms with E-state index in [4.69, 9.17) is 18.9 Å². The average molecular weight is 589 g/mol. The predicted octanol–water partition coefficient (Wildman–Crippen LogP) is 5.56. The maximum atomic E-state index is 15.3. The minimum absolute atomic E-state index is 0.0299. The zero-order valence-corrected chi connectivity index (χ0v) is 23.7. The van der Waals surface area contributed by atoms with Crippen molar-refractivity contribution in [1.29, 1.82) is 0 Å². The molecule has 0 atom stereocenters. The summed E-state index contributed by atoms with van der Waals surface area (Å²) >= 11 is 1.48. The number of carbonyl (C=O) groups is 1. The fourth-order valence-electron chi connectivity index (χ4n) is 4.74. The fraction of sp³-hybridized carbons (Fsp3) is 0.200. The van der Waals surface area contributed by atoms with E-state index in [0.29, 0.717) is 41.2 Å². The minimum atomic E-state index is -0.733. The van der Waals surface area contributed by atoms with Gasteiger partial charge in [0.2, 0.25) is 5.43 Å². The minimum Gasteiger partial charge on any atom is -0.491 e. The highest BCUT2D eigenvalue weighted by molar-refractivity contribution is 7.15. The molecule has 0 bridgehead atoms. The lowest BCUT2D eigenvalue weighted by Crippen LogP contribution is -2.31. The van der Waals surface area contributed by atoms with Crippen LogP contribution in [0.2, 0.25) is 0 Å². The number of ether oxygens (including phenoxy) is 4. The van der Waals surface area contributed by atoms with Crippen molar-refractivity contribution in [2.75, 3.05) is 26.1 Å². The summed E-state index contributed by atoms with van der Waals surface area (Å²) in [4.78, 5) is 37.5. The number of aromatic nitrogens is 3. The van der Waals surface area contributed by atoms with Gasteiger partial charge in [0.15, 0.2) is 23.1 Å². The van der Waals surface area contributed by atoms with Crippen LogP contribution < -0.4 is 25.0 Å². The Kier molecular flexibility index (Phi) is 7.31. The lowest BCUT2D eigenvalue weighted by molar-refractivity contribution is 0.0809. The maximum Gasteiger partial charge on any atom is 0.261 e. The summed E-state index contributed by atoms with van der Waals surface area (Å²) in [5, 5.41) is 2.67. The first kappa shape index (κ1) is 27.4. The lowest BCUT2D eigenvalue weighted by atomic mass is 10.1. The first-order chi connectivity index (χ1) is 20.4. The van der Waals surface area contributed by atoms with Crippen LogP contribution in [0.5, 0.6) is 23.1 Å². The van der Waals surface area contributed by atoms with Gasteiger partial charge in [0.25, 0.3) is 11.8 Å². The van der Waals surface area contributed by atoms with Crippen molar-refractivity contribution in [1.82, 2.24) is 14.5 Å². The van der Waals surface area contributed by atoms with E-state index in [9.17, 15) is 9.59 Å². The molecular formula is C30H25FN4O6S. The number of anilines is 1. The van der Waals surface area contributed by atoms with Crippen molar-refractivity contribution >= 4 is 34.0 Å². The molecule has 0 saturated heterocycles. The number of carbonyl (C=O) groups excluding carboxylic acids is 1. The molecule has 1 N–H and O–H groups in total. The zero-order valence-electron chi connectivity index (χ0n) is 22.9. The van der Waals surface area contributed by atoms with Crippen LogP contribution >= 0.6 is 11.3 Å². The number of aryl methyl sites for hydroxylation is 1. The summed E-state index contributed by atoms with van der Waals surface area (Å²) in [5.41, 5.74) is 1.44. The van der Waals surface area contributed by atoms with Crippen LogP contribution in [-0.4, -0.2) is 41.3 Å². The monoisotopic (exact) mass is 588 g/mol. The molecule has 4 aromatic heterocycles. The average Bonchev–Trinajstić information content (AvgIpc) is 3.43. The highest BCUT2D eigenvalue weighted by atomic mass is 32.1. The number of nitrogens with zero attached hydrogens (tertiary/aromatic N) is 3. The van der Waals surface area contributed by atoms with Gasteiger partial charge in [0.1, 0.15) is 11.1 Å². The molecule has 0 aliphatic carbocycles. The molecule has 5 aromatic rings. The van der Waals surface area contributed by atoms with Gasteiger partial charge in [-0.15, -0.1) is 11.3 Å². The van der Waals surface area contributed by atoms with Gasteiger partial charge in [0, 0.05) is 52.6 Å². The highest BCUT2D eigenvalue weighted by Gasteiger charge is 2.25. The number of hydrogen-bond donors (Lipinski definition) is 1. The molecule has 1 aliphatic heterocycles. The van der Waals surface area contributed by atoms with Crippen molar-refractivity contribution in [3.8, 4) is 33.6 Å². The number of nitrogens with one attached hydrogen (secondary N) is 1. The third-order valence-corrected chi connectivity index (χ3v) is 7.80. The van der Waals surface area contributed by atoms with Crippen LogP contribution in [-0.2, 0) is 17.9 Å². The largest absolute Gasteiger partial charge is 0.491 e. The topological polar surface area (TPSA) is 114 Å². The highest BCUT2D eigenvalue weighted by Crippen LogP contribution is 2.35. The van der Waals surface area contributed by atoms with Gasteiger partial charge in [-0.05, 0) is 31.2 Å². The van der Waals surface area contributed by atoms with Gasteiger partial charge in [0.05, 0.1) is 44.2 Å². The van der Waals surface area contributed by atoms with Crippen LogP contribution in [0.3, 0.4) is 0 Å². The summed E-state index contributed by atoms with van der Waals surface area (Å²) in [7, 11) is 2.94. The van der Waals surface area contributed by atoms with E-state index < -0.39 is 17.2 Å². The number of pyridine rings is 3. The molecule has 0 fully saturated rings. The third kappa shape index (κ3) is 5.06. The van der Waals surface area contributed by atoms with Crippen LogP contribution in [0.4, 0.5) is 10.1 Å². The summed E-state index contributed by atoms with van der Waals surface area (Å²) in [6.07, 6.45) is 3.28. The molecule has 1 aromatic carbocycles. The second kappa shape index (κ2) is 11.2. The zero-order chi connectivity index (χ0) is 29.4. The molecule has 6 rings (SSSR count). The number of amides is 1. The Hall–Kier alpha value is -4.81. The molecular weight excluding hydrogens is 563 g/mol. The Morgan fingerprint density at radius 1 is 1.10 bits per heavy atom. The van der Waals surface area contributed by atoms with Crippen LogP contribution in [0.25, 0.3) is 21.5 Å². The number of thiophene rings is 1. The molecule has 42 heavy (non-hydrogen) atoms. The second-order valence-corrected chi connectivity index (χ2v) is 10.7. The number of benzene rings is 1. The van der Waals surface area contributed by atoms with E-state index in [1.807, 2.05) is 23.6 Å². The van der Waals surface area contributed by atoms with E-state index in [2.05, 4.69) is 15.3 Å². The number of methoxy groups -OCH3 is 2. The summed E-state index contributed by atoms with van der Waals surface area (Å²) in [6, 6.07) is 11.0. The summed E-state index contributed by atoms with van der Waals surface area (Å²) in [5.74, 6) is -0.617. The third-order valence-electron chi connectivity index (χ3n) is 6.77. The molecule has 10 nitrogen and oxygen atoms in total. The summed E-state index contributed by atoms with van der Waals surface area (Å²) in [6.45, 7) is 3.04. The number of fused-ring (bicyclic) bond motifs is 2. The Morgan fingerprint density at radius 2 is 1.95 bits per heavy atom. The Balaban J connectivity index is 1.30. The van der Waals surface area contributed by atoms with Crippen molar-refractivity contribution < 1.29 is 28.1 Å². The first-order valence-electron chi connectivity index (χ1n) is 12.9. The Morgan fingerprint density at radius 3 is 2.69 bits per heavy atom. The fourth-order valence-corrected chi connectivity index (χ4v) is 5.61. The van der Waals surface area contributed by atoms with Gasteiger partial charge >= 0.3 is 0 Å². The van der Waals surface area contributed by atoms with Crippen LogP contribution in [0, 0.1) is 12.7 Å². The smallest absolute Gasteiger partial charge is 0.261 e. The molecule has 214 valence electrons. The predicted molar refractivity (Wildman–Crippen MR) is 155 cm³/mol. The maximum absolute atomic E-state index is 15.3. The molecule has 0 radical (unpaired) electrons. The summed E-state index contributed by atoms with van der Waals surface area (Å²) < 4.78 is 39.1. The SMILES string of the molecule is COc1cc2nccc(Oc3ccc(NC(=O)c4c5n(cc(-c6ccc(C)s6)c4=O)CCOC5)cc3F)c2nc1OC. The van der Waals surface area contributed by atoms with Crippen molar-refractivity contribution in [2.45, 2.75) is 20.1 Å². The van der Waals surface area contributed by atoms with E-state index in [-0.39, 0.29) is 35.2 Å². The molecule has 0 saturated carbocycles. The normalized spacial score (nSPS) is 12.6. The molecule has 1 amide bonds. The Labute approximate surface area is 243 Å². The lowest BCUT2D eigenvalue weighted by Gasteiger charge is -2.23.